The van der Waals surface area contributed by atoms with Gasteiger partial charge >= 0.3 is 0 Å². The number of rotatable bonds is 8. The van der Waals surface area contributed by atoms with Crippen molar-refractivity contribution < 1.29 is 23.7 Å². The van der Waals surface area contributed by atoms with E-state index in [4.69, 9.17) is 14.2 Å². The molecule has 4 rings (SSSR count). The van der Waals surface area contributed by atoms with Gasteiger partial charge in [0, 0.05) is 31.3 Å². The van der Waals surface area contributed by atoms with Gasteiger partial charge in [-0.15, -0.1) is 0 Å². The molecule has 0 aliphatic carbocycles. The Balaban J connectivity index is 1.47. The Kier molecular flexibility index (Phi) is 6.27. The number of hydrogen-bond donors (Lipinski definition) is 1. The molecule has 0 radical (unpaired) electrons. The summed E-state index contributed by atoms with van der Waals surface area (Å²) in [7, 11) is 3.28. The number of fused-ring (bicyclic) bond motifs is 2. The maximum absolute atomic E-state index is 14.4. The second kappa shape index (κ2) is 8.92. The summed E-state index contributed by atoms with van der Waals surface area (Å²) in [6.07, 6.45) is 3.16. The van der Waals surface area contributed by atoms with Crippen LogP contribution in [-0.4, -0.2) is 49.5 Å². The number of benzene rings is 2. The van der Waals surface area contributed by atoms with Crippen molar-refractivity contribution in [1.29, 1.82) is 0 Å². The van der Waals surface area contributed by atoms with Gasteiger partial charge in [0.15, 0.2) is 11.5 Å². The minimum atomic E-state index is -1.09. The number of nitrogens with zero attached hydrogens (tertiary/aromatic N) is 1. The molecule has 2 aromatic carbocycles. The lowest BCUT2D eigenvalue weighted by Gasteiger charge is -2.44. The van der Waals surface area contributed by atoms with Gasteiger partial charge in [-0.05, 0) is 49.4 Å². The number of methoxy groups -OCH3 is 2. The van der Waals surface area contributed by atoms with Crippen LogP contribution in [0, 0.1) is 5.82 Å². The fourth-order valence-electron chi connectivity index (χ4n) is 5.01. The Bertz CT molecular complexity index is 860. The molecule has 6 heteroatoms. The Morgan fingerprint density at radius 3 is 2.43 bits per heavy atom. The van der Waals surface area contributed by atoms with Crippen molar-refractivity contribution in [2.24, 2.45) is 0 Å². The van der Waals surface area contributed by atoms with E-state index in [1.807, 2.05) is 12.1 Å². The van der Waals surface area contributed by atoms with Crippen molar-refractivity contribution in [2.75, 3.05) is 27.4 Å². The summed E-state index contributed by atoms with van der Waals surface area (Å²) in [5, 5.41) is 11.3. The molecule has 1 N–H and O–H groups in total. The van der Waals surface area contributed by atoms with Crippen LogP contribution < -0.4 is 9.47 Å². The molecule has 2 aliphatic rings. The van der Waals surface area contributed by atoms with Crippen LogP contribution in [0.25, 0.3) is 0 Å². The van der Waals surface area contributed by atoms with Crippen molar-refractivity contribution in [2.45, 2.75) is 49.9 Å². The van der Waals surface area contributed by atoms with E-state index in [0.29, 0.717) is 43.1 Å². The van der Waals surface area contributed by atoms with E-state index in [0.717, 1.165) is 24.9 Å². The first-order chi connectivity index (χ1) is 14.5. The van der Waals surface area contributed by atoms with Crippen LogP contribution in [0.3, 0.4) is 0 Å². The van der Waals surface area contributed by atoms with Crippen LogP contribution >= 0.6 is 0 Å². The van der Waals surface area contributed by atoms with Crippen molar-refractivity contribution in [3.8, 4) is 11.5 Å². The molecule has 2 heterocycles. The molecule has 30 heavy (non-hydrogen) atoms. The second-order valence-electron chi connectivity index (χ2n) is 8.30. The predicted molar refractivity (Wildman–Crippen MR) is 112 cm³/mol. The molecule has 2 saturated heterocycles. The smallest absolute Gasteiger partial charge is 0.161 e. The van der Waals surface area contributed by atoms with E-state index >= 15 is 0 Å². The van der Waals surface area contributed by atoms with Gasteiger partial charge in [-0.25, -0.2) is 4.39 Å². The van der Waals surface area contributed by atoms with Crippen LogP contribution in [0.1, 0.15) is 36.8 Å². The van der Waals surface area contributed by atoms with Crippen molar-refractivity contribution in [3.05, 3.63) is 59.4 Å². The lowest BCUT2D eigenvalue weighted by Crippen LogP contribution is -2.49. The topological polar surface area (TPSA) is 51.2 Å². The quantitative estimate of drug-likeness (QED) is 0.664. The average Bonchev–Trinajstić information content (AvgIpc) is 2.98. The monoisotopic (exact) mass is 415 g/mol. The molecular weight excluding hydrogens is 385 g/mol. The molecule has 2 aromatic rings. The molecular formula is C24H30FNO4. The highest BCUT2D eigenvalue weighted by Crippen LogP contribution is 2.47. The van der Waals surface area contributed by atoms with E-state index in [9.17, 15) is 9.50 Å². The van der Waals surface area contributed by atoms with Crippen LogP contribution in [0.5, 0.6) is 11.5 Å². The highest BCUT2D eigenvalue weighted by Gasteiger charge is 2.48. The third-order valence-electron chi connectivity index (χ3n) is 6.43. The summed E-state index contributed by atoms with van der Waals surface area (Å²) in [5.74, 6) is 1.09. The summed E-state index contributed by atoms with van der Waals surface area (Å²) in [6, 6.07) is 13.1. The Morgan fingerprint density at radius 1 is 1.03 bits per heavy atom. The molecule has 162 valence electrons. The minimum Gasteiger partial charge on any atom is -0.493 e. The molecule has 0 spiro atoms. The van der Waals surface area contributed by atoms with Gasteiger partial charge in [0.05, 0.1) is 19.3 Å². The highest BCUT2D eigenvalue weighted by atomic mass is 19.1. The van der Waals surface area contributed by atoms with Gasteiger partial charge in [-0.2, -0.15) is 0 Å². The standard InChI is InChI=1S/C24H30FNO4/c1-28-11-12-30-22-10-7-17(13-23(22)29-2)16-26-18-8-9-19(26)15-24(27,14-18)20-5-3-4-6-21(20)25/h3-7,10,13,18-19,27H,8-9,11-12,14-16H2,1-2H3/t18-,19-/m1/s1. The van der Waals surface area contributed by atoms with Gasteiger partial charge in [-0.1, -0.05) is 24.3 Å². The minimum absolute atomic E-state index is 0.233. The molecule has 2 aliphatic heterocycles. The zero-order chi connectivity index (χ0) is 21.1. The molecule has 2 atom stereocenters. The molecule has 5 nitrogen and oxygen atoms in total. The third-order valence-corrected chi connectivity index (χ3v) is 6.43. The fourth-order valence-corrected chi connectivity index (χ4v) is 5.01. The summed E-state index contributed by atoms with van der Waals surface area (Å²) in [5.41, 5.74) is 0.477. The number of piperidine rings is 1. The van der Waals surface area contributed by atoms with Crippen LogP contribution in [0.2, 0.25) is 0 Å². The number of hydrogen-bond acceptors (Lipinski definition) is 5. The second-order valence-corrected chi connectivity index (χ2v) is 8.30. The number of ether oxygens (including phenoxy) is 3. The molecule has 0 aromatic heterocycles. The average molecular weight is 416 g/mol. The first-order valence-corrected chi connectivity index (χ1v) is 10.6. The number of halogens is 1. The van der Waals surface area contributed by atoms with E-state index < -0.39 is 5.60 Å². The fraction of sp³-hybridized carbons (Fsp3) is 0.500. The van der Waals surface area contributed by atoms with Gasteiger partial charge in [-0.3, -0.25) is 4.90 Å². The summed E-state index contributed by atoms with van der Waals surface area (Å²) < 4.78 is 30.6. The maximum atomic E-state index is 14.4. The van der Waals surface area contributed by atoms with E-state index in [1.165, 1.54) is 6.07 Å². The summed E-state index contributed by atoms with van der Waals surface area (Å²) in [4.78, 5) is 2.45. The SMILES string of the molecule is COCCOc1ccc(CN2[C@@H]3CC[C@@H]2CC(O)(c2ccccc2F)C3)cc1OC. The Labute approximate surface area is 177 Å². The molecule has 2 bridgehead atoms. The number of aliphatic hydroxyl groups is 1. The lowest BCUT2D eigenvalue weighted by molar-refractivity contribution is -0.0615. The lowest BCUT2D eigenvalue weighted by atomic mass is 9.80. The zero-order valence-electron chi connectivity index (χ0n) is 17.6. The molecule has 0 amide bonds. The van der Waals surface area contributed by atoms with Gasteiger partial charge in [0.1, 0.15) is 12.4 Å². The largest absolute Gasteiger partial charge is 0.493 e. The Morgan fingerprint density at radius 2 is 1.77 bits per heavy atom. The van der Waals surface area contributed by atoms with Crippen LogP contribution in [0.4, 0.5) is 4.39 Å². The molecule has 2 fully saturated rings. The van der Waals surface area contributed by atoms with E-state index in [-0.39, 0.29) is 17.9 Å². The van der Waals surface area contributed by atoms with E-state index in [2.05, 4.69) is 11.0 Å². The normalized spacial score (nSPS) is 26.0. The van der Waals surface area contributed by atoms with Crippen molar-refractivity contribution in [1.82, 2.24) is 4.90 Å². The molecule has 0 saturated carbocycles. The van der Waals surface area contributed by atoms with Crippen LogP contribution in [-0.2, 0) is 16.9 Å². The van der Waals surface area contributed by atoms with Gasteiger partial charge in [0.25, 0.3) is 0 Å². The summed E-state index contributed by atoms with van der Waals surface area (Å²) in [6.45, 7) is 1.77. The summed E-state index contributed by atoms with van der Waals surface area (Å²) >= 11 is 0. The Hall–Kier alpha value is -2.15. The van der Waals surface area contributed by atoms with Crippen LogP contribution in [0.15, 0.2) is 42.5 Å². The van der Waals surface area contributed by atoms with Crippen molar-refractivity contribution >= 4 is 0 Å². The first-order valence-electron chi connectivity index (χ1n) is 10.6. The maximum Gasteiger partial charge on any atom is 0.161 e. The van der Waals surface area contributed by atoms with Gasteiger partial charge in [0.2, 0.25) is 0 Å². The van der Waals surface area contributed by atoms with Gasteiger partial charge < -0.3 is 19.3 Å². The van der Waals surface area contributed by atoms with E-state index in [1.54, 1.807) is 32.4 Å². The third kappa shape index (κ3) is 4.17. The molecule has 0 unspecified atom stereocenters. The van der Waals surface area contributed by atoms with Crippen molar-refractivity contribution in [3.63, 3.8) is 0 Å². The highest BCUT2D eigenvalue weighted by molar-refractivity contribution is 5.43. The first kappa shape index (κ1) is 21.1. The zero-order valence-corrected chi connectivity index (χ0v) is 17.6. The predicted octanol–water partition coefficient (Wildman–Crippen LogP) is 3.87.